The molecular formula is C24H19F6N3O4. The fourth-order valence-electron chi connectivity index (χ4n) is 3.86. The molecule has 0 unspecified atom stereocenters. The van der Waals surface area contributed by atoms with Crippen LogP contribution in [0.2, 0.25) is 0 Å². The fraction of sp³-hybridized carbons (Fsp3) is 0.292. The van der Waals surface area contributed by atoms with Gasteiger partial charge in [0.1, 0.15) is 18.4 Å². The van der Waals surface area contributed by atoms with Gasteiger partial charge in [0, 0.05) is 12.1 Å². The van der Waals surface area contributed by atoms with Crippen molar-refractivity contribution < 1.29 is 45.5 Å². The Bertz CT molecular complexity index is 1280. The largest absolute Gasteiger partial charge is 0.489 e. The molecule has 1 aromatic heterocycles. The van der Waals surface area contributed by atoms with E-state index >= 15 is 0 Å². The Balaban J connectivity index is 1.48. The Hall–Kier alpha value is -4.03. The maximum atomic E-state index is 13.7. The molecule has 0 saturated carbocycles. The van der Waals surface area contributed by atoms with Crippen molar-refractivity contribution in [2.24, 2.45) is 0 Å². The van der Waals surface area contributed by atoms with Crippen molar-refractivity contribution in [3.05, 3.63) is 71.1 Å². The van der Waals surface area contributed by atoms with Gasteiger partial charge < -0.3 is 14.4 Å². The lowest BCUT2D eigenvalue weighted by atomic mass is 10.1. The molecule has 1 atom stereocenters. The number of aromatic nitrogens is 2. The van der Waals surface area contributed by atoms with Crippen LogP contribution in [0.5, 0.6) is 5.75 Å². The van der Waals surface area contributed by atoms with E-state index in [1.165, 1.54) is 30.4 Å². The molecule has 1 aliphatic rings. The minimum absolute atomic E-state index is 0.00260. The summed E-state index contributed by atoms with van der Waals surface area (Å²) in [6.07, 6.45) is -6.56. The van der Waals surface area contributed by atoms with Crippen molar-refractivity contribution in [1.29, 1.82) is 0 Å². The van der Waals surface area contributed by atoms with Crippen molar-refractivity contribution in [2.45, 2.75) is 31.2 Å². The maximum absolute atomic E-state index is 13.7. The second kappa shape index (κ2) is 10.1. The number of nitrogens with zero attached hydrogens (tertiary/aromatic N) is 3. The summed E-state index contributed by atoms with van der Waals surface area (Å²) in [6, 6.07) is 6.80. The van der Waals surface area contributed by atoms with Crippen LogP contribution in [0.1, 0.15) is 41.5 Å². The van der Waals surface area contributed by atoms with Gasteiger partial charge in [0.05, 0.1) is 11.1 Å². The number of carboxylic acid groups (broad SMARTS) is 1. The second-order valence-corrected chi connectivity index (χ2v) is 8.13. The van der Waals surface area contributed by atoms with E-state index in [4.69, 9.17) is 9.26 Å². The van der Waals surface area contributed by atoms with E-state index in [0.717, 1.165) is 29.2 Å². The molecule has 2 heterocycles. The lowest BCUT2D eigenvalue weighted by Crippen LogP contribution is -2.28. The van der Waals surface area contributed by atoms with Crippen LogP contribution in [0, 0.1) is 0 Å². The summed E-state index contributed by atoms with van der Waals surface area (Å²) in [5.41, 5.74) is -1.49. The molecule has 1 fully saturated rings. The number of likely N-dealkylation sites (tertiary alicyclic amines) is 1. The van der Waals surface area contributed by atoms with Gasteiger partial charge in [-0.2, -0.15) is 31.3 Å². The number of benzene rings is 2. The van der Waals surface area contributed by atoms with Gasteiger partial charge in [-0.05, 0) is 54.8 Å². The first-order valence-corrected chi connectivity index (χ1v) is 10.9. The third-order valence-corrected chi connectivity index (χ3v) is 5.65. The summed E-state index contributed by atoms with van der Waals surface area (Å²) in [6.45, 7) is 0.0117. The predicted molar refractivity (Wildman–Crippen MR) is 117 cm³/mol. The zero-order valence-corrected chi connectivity index (χ0v) is 18.9. The first kappa shape index (κ1) is 26.0. The minimum atomic E-state index is -4.78. The number of hydrogen-bond donors (Lipinski definition) is 1. The van der Waals surface area contributed by atoms with Crippen LogP contribution in [0.25, 0.3) is 17.5 Å². The van der Waals surface area contributed by atoms with Crippen LogP contribution < -0.4 is 4.74 Å². The summed E-state index contributed by atoms with van der Waals surface area (Å²) in [7, 11) is 0. The molecule has 1 N–H and O–H groups in total. The van der Waals surface area contributed by atoms with E-state index in [2.05, 4.69) is 10.1 Å². The summed E-state index contributed by atoms with van der Waals surface area (Å²) in [5, 5.41) is 13.0. The Morgan fingerprint density at radius 1 is 1.11 bits per heavy atom. The van der Waals surface area contributed by atoms with Crippen LogP contribution >= 0.6 is 0 Å². The first-order valence-electron chi connectivity index (χ1n) is 10.9. The van der Waals surface area contributed by atoms with Gasteiger partial charge in [-0.25, -0.2) is 4.79 Å². The predicted octanol–water partition coefficient (Wildman–Crippen LogP) is 6.68. The standard InChI is InChI=1S/C24H19F6N3O4/c25-23(26,27)16-8-5-14(6-9-16)3-2-12-36-19-10-7-15(13-17(19)24(28,29)30)20-31-21(37-32-20)18-4-1-11-33(18)22(34)35/h2-3,5-10,13,18H,1,4,11-12H2,(H,34,35)/b3-2+/t18-/m0/s1. The normalized spacial score (nSPS) is 16.5. The summed E-state index contributed by atoms with van der Waals surface area (Å²) in [5.74, 6) is -0.603. The average molecular weight is 527 g/mol. The molecule has 2 aromatic carbocycles. The van der Waals surface area contributed by atoms with Crippen LogP contribution in [0.15, 0.2) is 53.1 Å². The SMILES string of the molecule is O=C(O)N1CCC[C@H]1c1nc(-c2ccc(OC/C=C/c3ccc(C(F)(F)F)cc3)c(C(F)(F)F)c2)no1. The van der Waals surface area contributed by atoms with Crippen LogP contribution in [-0.4, -0.2) is 39.4 Å². The van der Waals surface area contributed by atoms with E-state index in [1.807, 2.05) is 0 Å². The van der Waals surface area contributed by atoms with Gasteiger partial charge in [0.15, 0.2) is 0 Å². The molecule has 4 rings (SSSR count). The minimum Gasteiger partial charge on any atom is -0.489 e. The van der Waals surface area contributed by atoms with Crippen molar-refractivity contribution >= 4 is 12.2 Å². The zero-order chi connectivity index (χ0) is 26.8. The van der Waals surface area contributed by atoms with Gasteiger partial charge in [-0.3, -0.25) is 4.90 Å². The number of rotatable bonds is 6. The molecule has 0 spiro atoms. The molecular weight excluding hydrogens is 508 g/mol. The highest BCUT2D eigenvalue weighted by molar-refractivity contribution is 5.66. The molecule has 1 saturated heterocycles. The van der Waals surface area contributed by atoms with Gasteiger partial charge in [0.25, 0.3) is 0 Å². The van der Waals surface area contributed by atoms with Crippen molar-refractivity contribution in [2.75, 3.05) is 13.2 Å². The van der Waals surface area contributed by atoms with Gasteiger partial charge >= 0.3 is 18.4 Å². The Morgan fingerprint density at radius 2 is 1.84 bits per heavy atom. The maximum Gasteiger partial charge on any atom is 0.419 e. The summed E-state index contributed by atoms with van der Waals surface area (Å²) < 4.78 is 89.5. The highest BCUT2D eigenvalue weighted by Gasteiger charge is 2.36. The number of halogens is 6. The third kappa shape index (κ3) is 6.04. The number of ether oxygens (including phenoxy) is 1. The third-order valence-electron chi connectivity index (χ3n) is 5.65. The molecule has 37 heavy (non-hydrogen) atoms. The number of hydrogen-bond acceptors (Lipinski definition) is 5. The number of alkyl halides is 6. The molecule has 196 valence electrons. The number of carbonyl (C=O) groups is 1. The van der Waals surface area contributed by atoms with E-state index in [1.54, 1.807) is 0 Å². The Labute approximate surface area is 206 Å². The van der Waals surface area contributed by atoms with Gasteiger partial charge in [-0.1, -0.05) is 23.4 Å². The van der Waals surface area contributed by atoms with Crippen molar-refractivity contribution in [1.82, 2.24) is 15.0 Å². The van der Waals surface area contributed by atoms with Crippen LogP contribution in [0.3, 0.4) is 0 Å². The molecule has 1 aliphatic heterocycles. The smallest absolute Gasteiger partial charge is 0.419 e. The van der Waals surface area contributed by atoms with E-state index in [-0.39, 0.29) is 30.4 Å². The molecule has 13 heteroatoms. The monoisotopic (exact) mass is 527 g/mol. The number of amides is 1. The molecule has 7 nitrogen and oxygen atoms in total. The van der Waals surface area contributed by atoms with Gasteiger partial charge in [0.2, 0.25) is 11.7 Å². The zero-order valence-electron chi connectivity index (χ0n) is 18.9. The quantitative estimate of drug-likeness (QED) is 0.360. The summed E-state index contributed by atoms with van der Waals surface area (Å²) in [4.78, 5) is 16.6. The molecule has 3 aromatic rings. The topological polar surface area (TPSA) is 88.7 Å². The van der Waals surface area contributed by atoms with Crippen molar-refractivity contribution in [3.63, 3.8) is 0 Å². The van der Waals surface area contributed by atoms with Crippen molar-refractivity contribution in [3.8, 4) is 17.1 Å². The Morgan fingerprint density at radius 3 is 2.49 bits per heavy atom. The van der Waals surface area contributed by atoms with E-state index < -0.39 is 41.4 Å². The second-order valence-electron chi connectivity index (χ2n) is 8.13. The molecule has 1 amide bonds. The highest BCUT2D eigenvalue weighted by atomic mass is 19.4. The van der Waals surface area contributed by atoms with Crippen LogP contribution in [0.4, 0.5) is 31.1 Å². The summed E-state index contributed by atoms with van der Waals surface area (Å²) >= 11 is 0. The lowest BCUT2D eigenvalue weighted by molar-refractivity contribution is -0.139. The highest BCUT2D eigenvalue weighted by Crippen LogP contribution is 2.39. The van der Waals surface area contributed by atoms with Gasteiger partial charge in [-0.15, -0.1) is 0 Å². The first-order chi connectivity index (χ1) is 17.4. The molecule has 0 bridgehead atoms. The van der Waals surface area contributed by atoms with E-state index in [9.17, 15) is 36.2 Å². The van der Waals surface area contributed by atoms with E-state index in [0.29, 0.717) is 18.4 Å². The van der Waals surface area contributed by atoms with Crippen LogP contribution in [-0.2, 0) is 12.4 Å². The lowest BCUT2D eigenvalue weighted by Gasteiger charge is -2.17. The molecule has 0 aliphatic carbocycles. The molecule has 0 radical (unpaired) electrons. The Kier molecular flexibility index (Phi) is 7.14. The fourth-order valence-corrected chi connectivity index (χ4v) is 3.86. The average Bonchev–Trinajstić information content (AvgIpc) is 3.51.